The van der Waals surface area contributed by atoms with Crippen molar-refractivity contribution >= 4 is 21.9 Å². The van der Waals surface area contributed by atoms with Crippen LogP contribution in [0.2, 0.25) is 0 Å². The number of halogens is 1. The molecule has 124 valence electrons. The van der Waals surface area contributed by atoms with Crippen LogP contribution in [0, 0.1) is 0 Å². The average Bonchev–Trinajstić information content (AvgIpc) is 2.95. The topological polar surface area (TPSA) is 63.2 Å². The molecule has 2 aliphatic heterocycles. The van der Waals surface area contributed by atoms with Crippen LogP contribution in [0.5, 0.6) is 0 Å². The summed E-state index contributed by atoms with van der Waals surface area (Å²) in [7, 11) is 0. The Morgan fingerprint density at radius 1 is 1.27 bits per heavy atom. The summed E-state index contributed by atoms with van der Waals surface area (Å²) in [5, 5.41) is 0. The minimum Gasteiger partial charge on any atom is -0.461 e. The molecule has 6 nitrogen and oxygen atoms in total. The first-order valence-electron chi connectivity index (χ1n) is 7.05. The van der Waals surface area contributed by atoms with Crippen molar-refractivity contribution in [1.82, 2.24) is 0 Å². The Balaban J connectivity index is 2.08. The van der Waals surface area contributed by atoms with Crippen LogP contribution in [0.25, 0.3) is 0 Å². The molecule has 0 radical (unpaired) electrons. The molecule has 0 aromatic heterocycles. The Bertz CT molecular complexity index is 438. The van der Waals surface area contributed by atoms with Gasteiger partial charge < -0.3 is 23.7 Å². The van der Waals surface area contributed by atoms with E-state index in [1.807, 2.05) is 13.8 Å². The van der Waals surface area contributed by atoms with Crippen LogP contribution in [0.4, 0.5) is 0 Å². The van der Waals surface area contributed by atoms with Crippen molar-refractivity contribution < 1.29 is 28.5 Å². The van der Waals surface area contributed by atoms with E-state index in [2.05, 4.69) is 29.1 Å². The van der Waals surface area contributed by atoms with Gasteiger partial charge in [-0.25, -0.2) is 0 Å². The van der Waals surface area contributed by atoms with Crippen molar-refractivity contribution in [2.45, 2.75) is 49.1 Å². The number of carbonyl (C=O) groups excluding carboxylic acids is 1. The predicted octanol–water partition coefficient (Wildman–Crippen LogP) is 1.93. The molecule has 2 rings (SSSR count). The highest BCUT2D eigenvalue weighted by atomic mass is 79.9. The van der Waals surface area contributed by atoms with E-state index in [0.717, 1.165) is 0 Å². The van der Waals surface area contributed by atoms with Gasteiger partial charge in [-0.05, 0) is 13.8 Å². The van der Waals surface area contributed by atoms with Crippen LogP contribution in [0.15, 0.2) is 25.3 Å². The van der Waals surface area contributed by atoms with E-state index in [9.17, 15) is 4.79 Å². The molecule has 0 amide bonds. The lowest BCUT2D eigenvalue weighted by Crippen LogP contribution is -2.40. The molecule has 2 fully saturated rings. The quantitative estimate of drug-likeness (QED) is 0.384. The average molecular weight is 377 g/mol. The van der Waals surface area contributed by atoms with Crippen molar-refractivity contribution in [3.8, 4) is 0 Å². The summed E-state index contributed by atoms with van der Waals surface area (Å²) in [6.45, 7) is 11.2. The van der Waals surface area contributed by atoms with Gasteiger partial charge >= 0.3 is 5.97 Å². The highest BCUT2D eigenvalue weighted by Crippen LogP contribution is 2.41. The molecule has 0 aliphatic carbocycles. The lowest BCUT2D eigenvalue weighted by molar-refractivity contribution is -0.231. The van der Waals surface area contributed by atoms with E-state index < -0.39 is 41.2 Å². The Morgan fingerprint density at radius 3 is 2.55 bits per heavy atom. The van der Waals surface area contributed by atoms with Crippen molar-refractivity contribution in [3.05, 3.63) is 25.3 Å². The number of alkyl halides is 1. The maximum absolute atomic E-state index is 12.0. The number of carbonyl (C=O) groups is 1. The zero-order valence-electron chi connectivity index (χ0n) is 12.7. The summed E-state index contributed by atoms with van der Waals surface area (Å²) in [4.78, 5) is 11.3. The third kappa shape index (κ3) is 3.78. The van der Waals surface area contributed by atoms with Gasteiger partial charge in [-0.15, -0.1) is 6.58 Å². The van der Waals surface area contributed by atoms with Crippen LogP contribution in [-0.2, 0) is 28.5 Å². The maximum atomic E-state index is 12.0. The number of fused-ring (bicyclic) bond motifs is 1. The summed E-state index contributed by atoms with van der Waals surface area (Å²) in [6.07, 6.45) is 1.10. The zero-order valence-corrected chi connectivity index (χ0v) is 14.3. The molecule has 2 aliphatic rings. The smallest absolute Gasteiger partial charge is 0.322 e. The number of ether oxygens (including phenoxy) is 5. The van der Waals surface area contributed by atoms with Gasteiger partial charge in [-0.3, -0.25) is 4.79 Å². The maximum Gasteiger partial charge on any atom is 0.322 e. The molecule has 0 aromatic rings. The van der Waals surface area contributed by atoms with E-state index >= 15 is 0 Å². The second-order valence-corrected chi connectivity index (χ2v) is 6.46. The first-order valence-corrected chi connectivity index (χ1v) is 7.96. The molecule has 0 aromatic carbocycles. The molecule has 0 spiro atoms. The molecule has 22 heavy (non-hydrogen) atoms. The molecule has 5 atom stereocenters. The highest BCUT2D eigenvalue weighted by molar-refractivity contribution is 9.10. The number of hydrogen-bond donors (Lipinski definition) is 0. The lowest BCUT2D eigenvalue weighted by atomic mass is 10.1. The number of rotatable bonds is 7. The van der Waals surface area contributed by atoms with Gasteiger partial charge in [-0.2, -0.15) is 0 Å². The first-order chi connectivity index (χ1) is 10.4. The second kappa shape index (κ2) is 7.23. The Hall–Kier alpha value is -0.730. The molecule has 2 saturated heterocycles. The van der Waals surface area contributed by atoms with Crippen LogP contribution in [0.1, 0.15) is 13.8 Å². The summed E-state index contributed by atoms with van der Waals surface area (Å²) in [5.41, 5.74) is 0. The molecule has 0 saturated carbocycles. The summed E-state index contributed by atoms with van der Waals surface area (Å²) < 4.78 is 28.1. The monoisotopic (exact) mass is 376 g/mol. The van der Waals surface area contributed by atoms with Gasteiger partial charge in [-0.1, -0.05) is 34.7 Å². The van der Waals surface area contributed by atoms with Crippen LogP contribution >= 0.6 is 15.9 Å². The summed E-state index contributed by atoms with van der Waals surface area (Å²) >= 11 is 3.32. The van der Waals surface area contributed by atoms with Gasteiger partial charge in [0, 0.05) is 0 Å². The Labute approximate surface area is 138 Å². The van der Waals surface area contributed by atoms with E-state index in [1.165, 1.54) is 6.08 Å². The highest BCUT2D eigenvalue weighted by Gasteiger charge is 2.58. The van der Waals surface area contributed by atoms with Gasteiger partial charge in [0.25, 0.3) is 0 Å². The van der Waals surface area contributed by atoms with Crippen molar-refractivity contribution in [2.24, 2.45) is 0 Å². The molecular weight excluding hydrogens is 356 g/mol. The van der Waals surface area contributed by atoms with Crippen LogP contribution < -0.4 is 0 Å². The lowest BCUT2D eigenvalue weighted by Gasteiger charge is -2.25. The predicted molar refractivity (Wildman–Crippen MR) is 82.5 cm³/mol. The Kier molecular flexibility index (Phi) is 5.79. The van der Waals surface area contributed by atoms with Gasteiger partial charge in [0.15, 0.2) is 12.1 Å². The minimum atomic E-state index is -0.759. The van der Waals surface area contributed by atoms with E-state index in [0.29, 0.717) is 6.61 Å². The third-order valence-electron chi connectivity index (χ3n) is 3.28. The van der Waals surface area contributed by atoms with Crippen LogP contribution in [0.3, 0.4) is 0 Å². The largest absolute Gasteiger partial charge is 0.461 e. The molecule has 7 heteroatoms. The molecule has 0 bridgehead atoms. The fourth-order valence-corrected chi connectivity index (χ4v) is 3.04. The zero-order chi connectivity index (χ0) is 16.3. The molecular formula is C15H21BrO6. The Morgan fingerprint density at radius 2 is 1.91 bits per heavy atom. The fraction of sp³-hybridized carbons (Fsp3) is 0.667. The second-order valence-electron chi connectivity index (χ2n) is 5.48. The van der Waals surface area contributed by atoms with Crippen molar-refractivity contribution in [2.75, 3.05) is 13.2 Å². The standard InChI is InChI=1S/C15H21BrO6/c1-5-7-18-13(17)9(16)10-11-12(22-15(3,4)21-11)14(20-10)19-8-6-2/h5-6,9-12,14H,1-2,7-8H2,3-4H3/t9-,10+,11+,12+,14+/m0/s1. The van der Waals surface area contributed by atoms with Gasteiger partial charge in [0.2, 0.25) is 0 Å². The molecule has 2 heterocycles. The van der Waals surface area contributed by atoms with Crippen molar-refractivity contribution in [1.29, 1.82) is 0 Å². The minimum absolute atomic E-state index is 0.140. The van der Waals surface area contributed by atoms with Gasteiger partial charge in [0.1, 0.15) is 29.7 Å². The third-order valence-corrected chi connectivity index (χ3v) is 4.18. The normalized spacial score (nSPS) is 34.0. The van der Waals surface area contributed by atoms with Crippen LogP contribution in [-0.4, -0.2) is 54.4 Å². The molecule has 0 N–H and O–H groups in total. The van der Waals surface area contributed by atoms with E-state index in [1.54, 1.807) is 6.08 Å². The van der Waals surface area contributed by atoms with Gasteiger partial charge in [0.05, 0.1) is 6.61 Å². The van der Waals surface area contributed by atoms with E-state index in [4.69, 9.17) is 23.7 Å². The van der Waals surface area contributed by atoms with Crippen molar-refractivity contribution in [3.63, 3.8) is 0 Å². The number of hydrogen-bond acceptors (Lipinski definition) is 6. The first kappa shape index (κ1) is 17.6. The fourth-order valence-electron chi connectivity index (χ4n) is 2.48. The van der Waals surface area contributed by atoms with E-state index in [-0.39, 0.29) is 6.61 Å². The summed E-state index contributed by atoms with van der Waals surface area (Å²) in [5.74, 6) is -1.20. The molecule has 0 unspecified atom stereocenters. The SMILES string of the molecule is C=CCOC(=O)[C@@H](Br)[C@H]1O[C@@H](OCC=C)[C@@H]2OC(C)(C)O[C@@H]21. The number of esters is 1. The summed E-state index contributed by atoms with van der Waals surface area (Å²) in [6, 6.07) is 0.